The van der Waals surface area contributed by atoms with Crippen LogP contribution in [0.25, 0.3) is 0 Å². The van der Waals surface area contributed by atoms with E-state index in [-0.39, 0.29) is 0 Å². The monoisotopic (exact) mass is 239 g/mol. The molecule has 17 heavy (non-hydrogen) atoms. The third-order valence-corrected chi connectivity index (χ3v) is 2.68. The molecule has 1 rings (SSSR count). The number of morpholine rings is 1. The van der Waals surface area contributed by atoms with E-state index in [1.165, 1.54) is 5.57 Å². The van der Waals surface area contributed by atoms with Crippen molar-refractivity contribution in [2.75, 3.05) is 26.2 Å². The molecular weight excluding hydrogens is 218 g/mol. The molecule has 0 spiro atoms. The average molecular weight is 239 g/mol. The summed E-state index contributed by atoms with van der Waals surface area (Å²) in [7, 11) is 0. The maximum Gasteiger partial charge on any atom is 0.334 e. The highest BCUT2D eigenvalue weighted by Gasteiger charge is 2.25. The van der Waals surface area contributed by atoms with Crippen LogP contribution in [0.5, 0.6) is 0 Å². The van der Waals surface area contributed by atoms with Crippen molar-refractivity contribution in [2.24, 2.45) is 0 Å². The Hall–Kier alpha value is -1.13. The summed E-state index contributed by atoms with van der Waals surface area (Å²) in [5, 5.41) is 8.92. The SMILES string of the molecule is C/C=C\C(=C/CC)CN1CCOC(C(=O)O)C1. The van der Waals surface area contributed by atoms with Crippen molar-refractivity contribution in [1.29, 1.82) is 0 Å². The molecule has 0 aliphatic carbocycles. The molecule has 1 atom stereocenters. The Morgan fingerprint density at radius 1 is 1.59 bits per heavy atom. The summed E-state index contributed by atoms with van der Waals surface area (Å²) < 4.78 is 5.19. The molecule has 1 fully saturated rings. The van der Waals surface area contributed by atoms with Gasteiger partial charge >= 0.3 is 5.97 Å². The van der Waals surface area contributed by atoms with E-state index in [0.717, 1.165) is 19.5 Å². The first-order chi connectivity index (χ1) is 8.17. The van der Waals surface area contributed by atoms with Crippen LogP contribution in [0.2, 0.25) is 0 Å². The minimum absolute atomic E-state index is 0.466. The van der Waals surface area contributed by atoms with E-state index in [2.05, 4.69) is 24.0 Å². The second-order valence-electron chi connectivity index (χ2n) is 4.12. The van der Waals surface area contributed by atoms with Gasteiger partial charge in [-0.15, -0.1) is 0 Å². The Bertz CT molecular complexity index is 310. The van der Waals surface area contributed by atoms with Crippen molar-refractivity contribution in [3.8, 4) is 0 Å². The topological polar surface area (TPSA) is 49.8 Å². The lowest BCUT2D eigenvalue weighted by Crippen LogP contribution is -2.46. The molecule has 0 radical (unpaired) electrons. The van der Waals surface area contributed by atoms with Gasteiger partial charge < -0.3 is 9.84 Å². The van der Waals surface area contributed by atoms with Gasteiger partial charge in [0, 0.05) is 19.6 Å². The minimum Gasteiger partial charge on any atom is -0.479 e. The van der Waals surface area contributed by atoms with Crippen molar-refractivity contribution in [3.05, 3.63) is 23.8 Å². The smallest absolute Gasteiger partial charge is 0.334 e. The number of hydrogen-bond donors (Lipinski definition) is 1. The van der Waals surface area contributed by atoms with E-state index in [1.807, 2.05) is 13.0 Å². The van der Waals surface area contributed by atoms with Crippen LogP contribution in [0.15, 0.2) is 23.8 Å². The molecule has 0 saturated carbocycles. The molecule has 0 aromatic heterocycles. The molecule has 1 heterocycles. The number of carboxylic acids is 1. The van der Waals surface area contributed by atoms with Crippen molar-refractivity contribution in [1.82, 2.24) is 4.90 Å². The molecule has 1 aliphatic rings. The highest BCUT2D eigenvalue weighted by Crippen LogP contribution is 2.09. The van der Waals surface area contributed by atoms with Gasteiger partial charge in [0.05, 0.1) is 6.61 Å². The van der Waals surface area contributed by atoms with Crippen LogP contribution >= 0.6 is 0 Å². The highest BCUT2D eigenvalue weighted by atomic mass is 16.5. The van der Waals surface area contributed by atoms with E-state index < -0.39 is 12.1 Å². The fourth-order valence-electron chi connectivity index (χ4n) is 1.92. The lowest BCUT2D eigenvalue weighted by atomic mass is 10.1. The molecule has 96 valence electrons. The first kappa shape index (κ1) is 13.9. The molecule has 1 N–H and O–H groups in total. The van der Waals surface area contributed by atoms with Gasteiger partial charge in [0.2, 0.25) is 0 Å². The van der Waals surface area contributed by atoms with Crippen LogP contribution < -0.4 is 0 Å². The predicted octanol–water partition coefficient (Wildman–Crippen LogP) is 1.68. The van der Waals surface area contributed by atoms with Crippen molar-refractivity contribution in [2.45, 2.75) is 26.4 Å². The predicted molar refractivity (Wildman–Crippen MR) is 67.0 cm³/mol. The summed E-state index contributed by atoms with van der Waals surface area (Å²) in [6.07, 6.45) is 6.57. The number of aliphatic carboxylic acids is 1. The zero-order chi connectivity index (χ0) is 12.7. The maximum atomic E-state index is 10.9. The van der Waals surface area contributed by atoms with Crippen LogP contribution in [0, 0.1) is 0 Å². The Balaban J connectivity index is 2.55. The minimum atomic E-state index is -0.873. The number of rotatable bonds is 5. The molecule has 4 heteroatoms. The molecule has 4 nitrogen and oxygen atoms in total. The van der Waals surface area contributed by atoms with Crippen molar-refractivity contribution in [3.63, 3.8) is 0 Å². The molecule has 0 aromatic carbocycles. The molecule has 1 unspecified atom stereocenters. The summed E-state index contributed by atoms with van der Waals surface area (Å²) in [4.78, 5) is 13.0. The van der Waals surface area contributed by atoms with Crippen LogP contribution in [0.1, 0.15) is 20.3 Å². The standard InChI is InChI=1S/C13H21NO3/c1-3-5-11(6-4-2)9-14-7-8-17-12(10-14)13(15)16/h3,5-6,12H,4,7-10H2,1-2H3,(H,15,16)/b5-3-,11-6+. The fourth-order valence-corrected chi connectivity index (χ4v) is 1.92. The number of nitrogens with zero attached hydrogens (tertiary/aromatic N) is 1. The summed E-state index contributed by atoms with van der Waals surface area (Å²) in [5.74, 6) is -0.873. The largest absolute Gasteiger partial charge is 0.479 e. The summed E-state index contributed by atoms with van der Waals surface area (Å²) in [5.41, 5.74) is 1.24. The van der Waals surface area contributed by atoms with Gasteiger partial charge in [-0.25, -0.2) is 4.79 Å². The average Bonchev–Trinajstić information content (AvgIpc) is 2.30. The fraction of sp³-hybridized carbons (Fsp3) is 0.615. The van der Waals surface area contributed by atoms with Gasteiger partial charge in [-0.3, -0.25) is 4.90 Å². The molecule has 1 aliphatic heterocycles. The van der Waals surface area contributed by atoms with Gasteiger partial charge in [-0.1, -0.05) is 25.2 Å². The number of hydrogen-bond acceptors (Lipinski definition) is 3. The zero-order valence-electron chi connectivity index (χ0n) is 10.6. The molecule has 0 bridgehead atoms. The van der Waals surface area contributed by atoms with E-state index in [0.29, 0.717) is 13.2 Å². The maximum absolute atomic E-state index is 10.9. The van der Waals surface area contributed by atoms with Crippen molar-refractivity contribution >= 4 is 5.97 Å². The highest BCUT2D eigenvalue weighted by molar-refractivity contribution is 5.72. The first-order valence-corrected chi connectivity index (χ1v) is 6.05. The zero-order valence-corrected chi connectivity index (χ0v) is 10.6. The van der Waals surface area contributed by atoms with E-state index in [1.54, 1.807) is 0 Å². The number of ether oxygens (including phenoxy) is 1. The Morgan fingerprint density at radius 3 is 2.94 bits per heavy atom. The van der Waals surface area contributed by atoms with Crippen LogP contribution in [-0.2, 0) is 9.53 Å². The second kappa shape index (κ2) is 7.25. The van der Waals surface area contributed by atoms with E-state index >= 15 is 0 Å². The lowest BCUT2D eigenvalue weighted by molar-refractivity contribution is -0.155. The van der Waals surface area contributed by atoms with Crippen LogP contribution in [-0.4, -0.2) is 48.3 Å². The Labute approximate surface area is 103 Å². The van der Waals surface area contributed by atoms with E-state index in [9.17, 15) is 4.79 Å². The van der Waals surface area contributed by atoms with Crippen LogP contribution in [0.4, 0.5) is 0 Å². The second-order valence-corrected chi connectivity index (χ2v) is 4.12. The normalized spacial score (nSPS) is 23.2. The van der Waals surface area contributed by atoms with Crippen LogP contribution in [0.3, 0.4) is 0 Å². The summed E-state index contributed by atoms with van der Waals surface area (Å²) in [6, 6.07) is 0. The van der Waals surface area contributed by atoms with E-state index in [4.69, 9.17) is 9.84 Å². The quantitative estimate of drug-likeness (QED) is 0.742. The van der Waals surface area contributed by atoms with Gasteiger partial charge in [-0.2, -0.15) is 0 Å². The Kier molecular flexibility index (Phi) is 5.94. The number of carbonyl (C=O) groups is 1. The molecular formula is C13H21NO3. The lowest BCUT2D eigenvalue weighted by Gasteiger charge is -2.31. The van der Waals surface area contributed by atoms with Crippen molar-refractivity contribution < 1.29 is 14.6 Å². The molecule has 1 saturated heterocycles. The third-order valence-electron chi connectivity index (χ3n) is 2.68. The number of carboxylic acid groups (broad SMARTS) is 1. The first-order valence-electron chi connectivity index (χ1n) is 6.05. The Morgan fingerprint density at radius 2 is 2.35 bits per heavy atom. The van der Waals surface area contributed by atoms with Gasteiger partial charge in [0.25, 0.3) is 0 Å². The molecule has 0 amide bonds. The van der Waals surface area contributed by atoms with Gasteiger partial charge in [0.1, 0.15) is 0 Å². The van der Waals surface area contributed by atoms with Gasteiger partial charge in [-0.05, 0) is 18.9 Å². The molecule has 0 aromatic rings. The van der Waals surface area contributed by atoms with Gasteiger partial charge in [0.15, 0.2) is 6.10 Å². The summed E-state index contributed by atoms with van der Waals surface area (Å²) >= 11 is 0. The number of allylic oxidation sites excluding steroid dienone is 2. The summed E-state index contributed by atoms with van der Waals surface area (Å²) in [6.45, 7) is 6.64. The third kappa shape index (κ3) is 4.71.